The van der Waals surface area contributed by atoms with E-state index in [1.807, 2.05) is 20.2 Å². The number of hydrogen-bond acceptors (Lipinski definition) is 5. The number of rotatable bonds is 4. The van der Waals surface area contributed by atoms with Gasteiger partial charge in [-0.25, -0.2) is 4.98 Å². The third kappa shape index (κ3) is 3.67. The van der Waals surface area contributed by atoms with E-state index in [1.54, 1.807) is 10.9 Å². The summed E-state index contributed by atoms with van der Waals surface area (Å²) in [6.45, 7) is 2.00. The van der Waals surface area contributed by atoms with Crippen molar-refractivity contribution in [3.63, 3.8) is 0 Å². The molecule has 3 rings (SSSR count). The summed E-state index contributed by atoms with van der Waals surface area (Å²) in [5.41, 5.74) is 1.66. The van der Waals surface area contributed by atoms with Crippen LogP contribution in [0, 0.1) is 12.8 Å². The van der Waals surface area contributed by atoms with Crippen LogP contribution in [-0.4, -0.2) is 38.4 Å². The molecule has 1 amide bonds. The van der Waals surface area contributed by atoms with E-state index in [1.165, 1.54) is 17.8 Å². The largest absolute Gasteiger partial charge is 0.396 e. The van der Waals surface area contributed by atoms with Gasteiger partial charge in [0.2, 0.25) is 0 Å². The number of aliphatic hydroxyl groups is 1. The van der Waals surface area contributed by atoms with Crippen molar-refractivity contribution in [3.05, 3.63) is 23.0 Å². The first kappa shape index (κ1) is 17.1. The molecule has 2 aromatic rings. The summed E-state index contributed by atoms with van der Waals surface area (Å²) in [6, 6.07) is 0.0494. The second-order valence-electron chi connectivity index (χ2n) is 6.50. The van der Waals surface area contributed by atoms with Crippen molar-refractivity contribution in [1.29, 1.82) is 0 Å². The third-order valence-corrected chi connectivity index (χ3v) is 5.87. The Morgan fingerprint density at radius 1 is 1.42 bits per heavy atom. The SMILES string of the molecule is Cc1nc(-c2cnn(C)c2)sc1C(=O)NC1CCCCCC1CO. The minimum Gasteiger partial charge on any atom is -0.396 e. The number of aromatic nitrogens is 3. The maximum absolute atomic E-state index is 12.7. The first-order valence-corrected chi connectivity index (χ1v) is 9.28. The summed E-state index contributed by atoms with van der Waals surface area (Å²) in [5, 5.41) is 17.7. The van der Waals surface area contributed by atoms with Gasteiger partial charge < -0.3 is 10.4 Å². The highest BCUT2D eigenvalue weighted by Gasteiger charge is 2.26. The van der Waals surface area contributed by atoms with Crippen LogP contribution in [0.15, 0.2) is 12.4 Å². The molecule has 1 fully saturated rings. The predicted octanol–water partition coefficient (Wildman–Crippen LogP) is 2.52. The average Bonchev–Trinajstić information content (AvgIpc) is 3.08. The summed E-state index contributed by atoms with van der Waals surface area (Å²) in [4.78, 5) is 17.9. The number of amides is 1. The Bertz CT molecular complexity index is 709. The fourth-order valence-electron chi connectivity index (χ4n) is 3.29. The number of aliphatic hydroxyl groups excluding tert-OH is 1. The quantitative estimate of drug-likeness (QED) is 0.832. The molecule has 2 unspecified atom stereocenters. The zero-order valence-electron chi connectivity index (χ0n) is 14.2. The Kier molecular flexibility index (Phi) is 5.30. The molecule has 1 saturated carbocycles. The fraction of sp³-hybridized carbons (Fsp3) is 0.588. The highest BCUT2D eigenvalue weighted by atomic mass is 32.1. The molecule has 0 aromatic carbocycles. The second kappa shape index (κ2) is 7.44. The lowest BCUT2D eigenvalue weighted by Gasteiger charge is -2.24. The summed E-state index contributed by atoms with van der Waals surface area (Å²) in [5.74, 6) is 0.0768. The second-order valence-corrected chi connectivity index (χ2v) is 7.50. The Balaban J connectivity index is 1.76. The van der Waals surface area contributed by atoms with Crippen LogP contribution in [-0.2, 0) is 7.05 Å². The Hall–Kier alpha value is -1.73. The van der Waals surface area contributed by atoms with Gasteiger partial charge in [0, 0.05) is 37.4 Å². The smallest absolute Gasteiger partial charge is 0.263 e. The van der Waals surface area contributed by atoms with Crippen molar-refractivity contribution in [3.8, 4) is 10.6 Å². The van der Waals surface area contributed by atoms with E-state index in [0.717, 1.165) is 41.9 Å². The van der Waals surface area contributed by atoms with Gasteiger partial charge in [-0.05, 0) is 19.8 Å². The van der Waals surface area contributed by atoms with Gasteiger partial charge in [-0.3, -0.25) is 9.48 Å². The van der Waals surface area contributed by atoms with Gasteiger partial charge in [-0.2, -0.15) is 5.10 Å². The number of aryl methyl sites for hydroxylation is 2. The molecule has 6 nitrogen and oxygen atoms in total. The Morgan fingerprint density at radius 2 is 2.21 bits per heavy atom. The van der Waals surface area contributed by atoms with Crippen molar-refractivity contribution >= 4 is 17.2 Å². The van der Waals surface area contributed by atoms with Crippen LogP contribution in [0.3, 0.4) is 0 Å². The van der Waals surface area contributed by atoms with E-state index >= 15 is 0 Å². The molecule has 1 aliphatic rings. The molecule has 7 heteroatoms. The van der Waals surface area contributed by atoms with Crippen LogP contribution in [0.2, 0.25) is 0 Å². The molecule has 2 heterocycles. The predicted molar refractivity (Wildman–Crippen MR) is 94.0 cm³/mol. The van der Waals surface area contributed by atoms with Crippen molar-refractivity contribution in [2.24, 2.45) is 13.0 Å². The number of hydrogen-bond donors (Lipinski definition) is 2. The van der Waals surface area contributed by atoms with Crippen LogP contribution in [0.5, 0.6) is 0 Å². The van der Waals surface area contributed by atoms with Crippen LogP contribution < -0.4 is 5.32 Å². The number of carbonyl (C=O) groups is 1. The number of nitrogens with one attached hydrogen (secondary N) is 1. The maximum Gasteiger partial charge on any atom is 0.263 e. The van der Waals surface area contributed by atoms with E-state index in [0.29, 0.717) is 4.88 Å². The zero-order valence-corrected chi connectivity index (χ0v) is 15.0. The van der Waals surface area contributed by atoms with E-state index in [-0.39, 0.29) is 24.5 Å². The molecule has 0 aliphatic heterocycles. The minimum absolute atomic E-state index is 0.0494. The zero-order chi connectivity index (χ0) is 17.1. The van der Waals surface area contributed by atoms with Crippen molar-refractivity contribution in [2.75, 3.05) is 6.61 Å². The van der Waals surface area contributed by atoms with Gasteiger partial charge in [-0.15, -0.1) is 11.3 Å². The Morgan fingerprint density at radius 3 is 2.92 bits per heavy atom. The van der Waals surface area contributed by atoms with Crippen LogP contribution in [0.25, 0.3) is 10.6 Å². The van der Waals surface area contributed by atoms with Crippen molar-refractivity contribution in [1.82, 2.24) is 20.1 Å². The summed E-state index contributed by atoms with van der Waals surface area (Å²) in [7, 11) is 1.86. The topological polar surface area (TPSA) is 80.0 Å². The van der Waals surface area contributed by atoms with Gasteiger partial charge >= 0.3 is 0 Å². The Labute approximate surface area is 145 Å². The van der Waals surface area contributed by atoms with Gasteiger partial charge in [0.1, 0.15) is 9.88 Å². The summed E-state index contributed by atoms with van der Waals surface area (Å²) < 4.78 is 1.73. The van der Waals surface area contributed by atoms with E-state index in [2.05, 4.69) is 15.4 Å². The van der Waals surface area contributed by atoms with Crippen molar-refractivity contribution in [2.45, 2.75) is 45.1 Å². The molecule has 24 heavy (non-hydrogen) atoms. The fourth-order valence-corrected chi connectivity index (χ4v) is 4.23. The summed E-state index contributed by atoms with van der Waals surface area (Å²) >= 11 is 1.40. The number of thiazole rings is 1. The van der Waals surface area contributed by atoms with E-state index in [9.17, 15) is 9.90 Å². The lowest BCUT2D eigenvalue weighted by Crippen LogP contribution is -2.41. The standard InChI is InChI=1S/C17H24N4O2S/c1-11-15(24-17(19-11)13-8-18-21(2)9-13)16(23)20-14-7-5-3-4-6-12(14)10-22/h8-9,12,14,22H,3-7,10H2,1-2H3,(H,20,23). The molecule has 0 bridgehead atoms. The third-order valence-electron chi connectivity index (χ3n) is 4.66. The summed E-state index contributed by atoms with van der Waals surface area (Å²) in [6.07, 6.45) is 8.97. The molecule has 2 atom stereocenters. The van der Waals surface area contributed by atoms with Gasteiger partial charge in [0.15, 0.2) is 0 Å². The van der Waals surface area contributed by atoms with Crippen LogP contribution >= 0.6 is 11.3 Å². The highest BCUT2D eigenvalue weighted by molar-refractivity contribution is 7.17. The van der Waals surface area contributed by atoms with Gasteiger partial charge in [-0.1, -0.05) is 19.3 Å². The maximum atomic E-state index is 12.7. The molecule has 0 spiro atoms. The molecule has 2 aromatic heterocycles. The lowest BCUT2D eigenvalue weighted by molar-refractivity contribution is 0.0903. The molecule has 0 radical (unpaired) electrons. The normalized spacial score (nSPS) is 21.5. The lowest BCUT2D eigenvalue weighted by atomic mass is 9.95. The molecule has 2 N–H and O–H groups in total. The number of nitrogens with zero attached hydrogens (tertiary/aromatic N) is 3. The van der Waals surface area contributed by atoms with Crippen LogP contribution in [0.1, 0.15) is 47.5 Å². The first-order chi connectivity index (χ1) is 11.6. The molecular formula is C17H24N4O2S. The highest BCUT2D eigenvalue weighted by Crippen LogP contribution is 2.28. The number of carbonyl (C=O) groups excluding carboxylic acids is 1. The minimum atomic E-state index is -0.0782. The molecular weight excluding hydrogens is 324 g/mol. The monoisotopic (exact) mass is 348 g/mol. The molecule has 0 saturated heterocycles. The van der Waals surface area contributed by atoms with Crippen molar-refractivity contribution < 1.29 is 9.90 Å². The van der Waals surface area contributed by atoms with Crippen LogP contribution in [0.4, 0.5) is 0 Å². The molecule has 130 valence electrons. The van der Waals surface area contributed by atoms with E-state index < -0.39 is 0 Å². The molecule has 1 aliphatic carbocycles. The van der Waals surface area contributed by atoms with Gasteiger partial charge in [0.25, 0.3) is 5.91 Å². The van der Waals surface area contributed by atoms with E-state index in [4.69, 9.17) is 0 Å². The van der Waals surface area contributed by atoms with Gasteiger partial charge in [0.05, 0.1) is 11.9 Å². The average molecular weight is 348 g/mol. The first-order valence-electron chi connectivity index (χ1n) is 8.46.